The number of nitrogens with two attached hydrogens (primary N) is 1. The molecule has 2 rings (SSSR count). The summed E-state index contributed by atoms with van der Waals surface area (Å²) in [7, 11) is -4.08. The normalized spacial score (nSPS) is 21.5. The molecule has 0 bridgehead atoms. The summed E-state index contributed by atoms with van der Waals surface area (Å²) in [5.41, 5.74) is 5.42. The third-order valence-corrected chi connectivity index (χ3v) is 4.76. The van der Waals surface area contributed by atoms with Crippen LogP contribution < -0.4 is 5.73 Å². The van der Waals surface area contributed by atoms with E-state index in [-0.39, 0.29) is 26.2 Å². The van der Waals surface area contributed by atoms with Crippen molar-refractivity contribution in [2.45, 2.75) is 11.0 Å². The summed E-state index contributed by atoms with van der Waals surface area (Å²) in [6.45, 7) is 0.471. The van der Waals surface area contributed by atoms with Crippen molar-refractivity contribution < 1.29 is 21.9 Å². The number of sulfonamides is 1. The number of hydrogen-bond donors (Lipinski definition) is 1. The highest BCUT2D eigenvalue weighted by molar-refractivity contribution is 7.89. The molecule has 1 saturated heterocycles. The predicted molar refractivity (Wildman–Crippen MR) is 63.9 cm³/mol. The summed E-state index contributed by atoms with van der Waals surface area (Å²) in [6.07, 6.45) is -0.430. The molecule has 0 saturated carbocycles. The molecule has 1 aliphatic heterocycles. The van der Waals surface area contributed by atoms with Crippen LogP contribution in [-0.2, 0) is 14.8 Å². The van der Waals surface area contributed by atoms with Crippen LogP contribution in [-0.4, -0.2) is 45.1 Å². The van der Waals surface area contributed by atoms with E-state index in [1.165, 1.54) is 0 Å². The van der Waals surface area contributed by atoms with Gasteiger partial charge in [0, 0.05) is 19.6 Å². The molecule has 106 valence electrons. The van der Waals surface area contributed by atoms with Gasteiger partial charge in [0.1, 0.15) is 16.5 Å². The van der Waals surface area contributed by atoms with Crippen molar-refractivity contribution in [2.75, 3.05) is 26.2 Å². The minimum Gasteiger partial charge on any atom is -0.374 e. The van der Waals surface area contributed by atoms with Gasteiger partial charge in [-0.3, -0.25) is 0 Å². The van der Waals surface area contributed by atoms with Crippen LogP contribution in [0.2, 0.25) is 0 Å². The second-order valence-corrected chi connectivity index (χ2v) is 6.07. The molecule has 1 aromatic rings. The molecular weight excluding hydrogens is 278 g/mol. The van der Waals surface area contributed by atoms with Gasteiger partial charge in [-0.15, -0.1) is 0 Å². The van der Waals surface area contributed by atoms with E-state index in [1.54, 1.807) is 0 Å². The predicted octanol–water partition coefficient (Wildman–Crippen LogP) is 0.313. The van der Waals surface area contributed by atoms with Crippen LogP contribution in [0.4, 0.5) is 8.78 Å². The van der Waals surface area contributed by atoms with Gasteiger partial charge in [0.2, 0.25) is 10.0 Å². The third kappa shape index (κ3) is 2.92. The molecule has 8 heteroatoms. The molecule has 0 spiro atoms. The molecule has 1 aromatic carbocycles. The summed E-state index contributed by atoms with van der Waals surface area (Å²) in [5.74, 6) is -1.78. The smallest absolute Gasteiger partial charge is 0.246 e. The Bertz CT molecular complexity index is 565. The number of hydrogen-bond acceptors (Lipinski definition) is 4. The van der Waals surface area contributed by atoms with Gasteiger partial charge in [-0.05, 0) is 18.2 Å². The third-order valence-electron chi connectivity index (χ3n) is 2.88. The van der Waals surface area contributed by atoms with E-state index in [0.29, 0.717) is 6.07 Å². The van der Waals surface area contributed by atoms with Crippen molar-refractivity contribution in [3.8, 4) is 0 Å². The first kappa shape index (κ1) is 14.3. The Morgan fingerprint density at radius 2 is 2.16 bits per heavy atom. The molecule has 5 nitrogen and oxygen atoms in total. The number of morpholine rings is 1. The van der Waals surface area contributed by atoms with Gasteiger partial charge in [0.15, 0.2) is 0 Å². The molecule has 1 atom stereocenters. The lowest BCUT2D eigenvalue weighted by Crippen LogP contribution is -2.48. The van der Waals surface area contributed by atoms with Crippen LogP contribution in [0, 0.1) is 11.6 Å². The number of benzene rings is 1. The lowest BCUT2D eigenvalue weighted by molar-refractivity contribution is 0.00444. The zero-order valence-corrected chi connectivity index (χ0v) is 10.9. The van der Waals surface area contributed by atoms with Crippen LogP contribution in [0.25, 0.3) is 0 Å². The zero-order valence-electron chi connectivity index (χ0n) is 10.1. The summed E-state index contributed by atoms with van der Waals surface area (Å²) < 4.78 is 57.5. The Kier molecular flexibility index (Phi) is 4.14. The van der Waals surface area contributed by atoms with Crippen LogP contribution in [0.3, 0.4) is 0 Å². The lowest BCUT2D eigenvalue weighted by atomic mass is 10.3. The topological polar surface area (TPSA) is 72.6 Å². The van der Waals surface area contributed by atoms with E-state index < -0.39 is 32.7 Å². The van der Waals surface area contributed by atoms with Crippen LogP contribution >= 0.6 is 0 Å². The molecule has 0 aromatic heterocycles. The highest BCUT2D eigenvalue weighted by Gasteiger charge is 2.32. The van der Waals surface area contributed by atoms with Gasteiger partial charge in [-0.2, -0.15) is 4.31 Å². The van der Waals surface area contributed by atoms with E-state index in [4.69, 9.17) is 10.5 Å². The van der Waals surface area contributed by atoms with Crippen LogP contribution in [0.1, 0.15) is 0 Å². The van der Waals surface area contributed by atoms with E-state index in [9.17, 15) is 17.2 Å². The fraction of sp³-hybridized carbons (Fsp3) is 0.455. The number of nitrogens with zero attached hydrogens (tertiary/aromatic N) is 1. The van der Waals surface area contributed by atoms with Crippen molar-refractivity contribution in [3.05, 3.63) is 29.8 Å². The largest absolute Gasteiger partial charge is 0.374 e. The molecule has 0 unspecified atom stereocenters. The summed E-state index contributed by atoms with van der Waals surface area (Å²) in [5, 5.41) is 0. The fourth-order valence-electron chi connectivity index (χ4n) is 1.87. The maximum absolute atomic E-state index is 13.6. The van der Waals surface area contributed by atoms with Crippen molar-refractivity contribution in [1.29, 1.82) is 0 Å². The van der Waals surface area contributed by atoms with E-state index in [1.807, 2.05) is 0 Å². The van der Waals surface area contributed by atoms with Gasteiger partial charge in [0.05, 0.1) is 12.7 Å². The van der Waals surface area contributed by atoms with E-state index >= 15 is 0 Å². The minimum absolute atomic E-state index is 0.0365. The van der Waals surface area contributed by atoms with Crippen LogP contribution in [0.15, 0.2) is 23.1 Å². The molecule has 1 heterocycles. The van der Waals surface area contributed by atoms with Crippen molar-refractivity contribution in [1.82, 2.24) is 4.31 Å². The SMILES string of the molecule is NC[C@@H]1CN(S(=O)(=O)c2cc(F)ccc2F)CCO1. The first-order chi connectivity index (χ1) is 8.95. The van der Waals surface area contributed by atoms with Crippen molar-refractivity contribution in [3.63, 3.8) is 0 Å². The Morgan fingerprint density at radius 3 is 2.84 bits per heavy atom. The van der Waals surface area contributed by atoms with E-state index in [2.05, 4.69) is 0 Å². The van der Waals surface area contributed by atoms with Crippen molar-refractivity contribution >= 4 is 10.0 Å². The maximum Gasteiger partial charge on any atom is 0.246 e. The molecule has 0 amide bonds. The highest BCUT2D eigenvalue weighted by atomic mass is 32.2. The van der Waals surface area contributed by atoms with Gasteiger partial charge in [-0.25, -0.2) is 17.2 Å². The number of rotatable bonds is 3. The van der Waals surface area contributed by atoms with Crippen molar-refractivity contribution in [2.24, 2.45) is 5.73 Å². The second kappa shape index (κ2) is 5.49. The number of ether oxygens (including phenoxy) is 1. The average molecular weight is 292 g/mol. The average Bonchev–Trinajstić information content (AvgIpc) is 2.41. The standard InChI is InChI=1S/C11H14F2N2O3S/c12-8-1-2-10(13)11(5-8)19(16,17)15-3-4-18-9(6-14)7-15/h1-2,5,9H,3-4,6-7,14H2/t9-/m1/s1. The number of halogens is 2. The monoisotopic (exact) mass is 292 g/mol. The molecule has 2 N–H and O–H groups in total. The van der Waals surface area contributed by atoms with Gasteiger partial charge < -0.3 is 10.5 Å². The molecule has 1 aliphatic rings. The molecule has 19 heavy (non-hydrogen) atoms. The molecular formula is C11H14F2N2O3S. The minimum atomic E-state index is -4.08. The van der Waals surface area contributed by atoms with Gasteiger partial charge >= 0.3 is 0 Å². The Labute approximate surface area is 110 Å². The summed E-state index contributed by atoms with van der Waals surface area (Å²) in [6, 6.07) is 2.34. The summed E-state index contributed by atoms with van der Waals surface area (Å²) >= 11 is 0. The maximum atomic E-state index is 13.6. The first-order valence-corrected chi connectivity index (χ1v) is 7.16. The second-order valence-electron chi connectivity index (χ2n) is 4.17. The fourth-order valence-corrected chi connectivity index (χ4v) is 3.40. The first-order valence-electron chi connectivity index (χ1n) is 5.72. The Balaban J connectivity index is 2.34. The highest BCUT2D eigenvalue weighted by Crippen LogP contribution is 2.22. The van der Waals surface area contributed by atoms with Crippen LogP contribution in [0.5, 0.6) is 0 Å². The molecule has 0 radical (unpaired) electrons. The quantitative estimate of drug-likeness (QED) is 0.870. The lowest BCUT2D eigenvalue weighted by Gasteiger charge is -2.31. The Morgan fingerprint density at radius 1 is 1.42 bits per heavy atom. The molecule has 0 aliphatic carbocycles. The van der Waals surface area contributed by atoms with Gasteiger partial charge in [-0.1, -0.05) is 0 Å². The summed E-state index contributed by atoms with van der Waals surface area (Å²) in [4.78, 5) is -0.662. The molecule has 1 fully saturated rings. The van der Waals surface area contributed by atoms with E-state index in [0.717, 1.165) is 16.4 Å². The van der Waals surface area contributed by atoms with Gasteiger partial charge in [0.25, 0.3) is 0 Å². The zero-order chi connectivity index (χ0) is 14.0. The Hall–Kier alpha value is -1.09.